The van der Waals surface area contributed by atoms with E-state index < -0.39 is 11.9 Å². The second-order valence-corrected chi connectivity index (χ2v) is 4.31. The molecule has 0 fully saturated rings. The highest BCUT2D eigenvalue weighted by molar-refractivity contribution is 5.76. The van der Waals surface area contributed by atoms with E-state index >= 15 is 0 Å². The van der Waals surface area contributed by atoms with Crippen LogP contribution in [0.1, 0.15) is 31.9 Å². The minimum Gasteiger partial charge on any atom is -0.481 e. The quantitative estimate of drug-likeness (QED) is 0.727. The summed E-state index contributed by atoms with van der Waals surface area (Å²) in [5.41, 5.74) is 0.892. The summed E-state index contributed by atoms with van der Waals surface area (Å²) in [6.45, 7) is 3.74. The van der Waals surface area contributed by atoms with Crippen LogP contribution in [0.25, 0.3) is 0 Å². The Bertz CT molecular complexity index is 422. The molecule has 0 saturated carbocycles. The summed E-state index contributed by atoms with van der Waals surface area (Å²) in [5, 5.41) is 14.2. The highest BCUT2D eigenvalue weighted by Crippen LogP contribution is 2.09. The molecule has 0 aromatic carbocycles. The maximum Gasteiger partial charge on any atom is 0.315 e. The van der Waals surface area contributed by atoms with Gasteiger partial charge in [-0.1, -0.05) is 13.0 Å². The van der Waals surface area contributed by atoms with Crippen molar-refractivity contribution in [3.05, 3.63) is 30.1 Å². The molecule has 1 aromatic rings. The van der Waals surface area contributed by atoms with E-state index in [1.165, 1.54) is 0 Å². The zero-order chi connectivity index (χ0) is 14.3. The van der Waals surface area contributed by atoms with Crippen molar-refractivity contribution in [1.82, 2.24) is 15.6 Å². The van der Waals surface area contributed by atoms with Gasteiger partial charge in [0.05, 0.1) is 12.0 Å². The molecule has 0 bridgehead atoms. The monoisotopic (exact) mass is 265 g/mol. The number of rotatable bonds is 6. The van der Waals surface area contributed by atoms with Crippen LogP contribution >= 0.6 is 0 Å². The summed E-state index contributed by atoms with van der Waals surface area (Å²) in [5.74, 6) is -1.46. The molecule has 1 rings (SSSR count). The first-order chi connectivity index (χ1) is 9.04. The van der Waals surface area contributed by atoms with Gasteiger partial charge in [-0.2, -0.15) is 0 Å². The minimum absolute atomic E-state index is 0.122. The zero-order valence-corrected chi connectivity index (χ0v) is 11.1. The second-order valence-electron chi connectivity index (χ2n) is 4.31. The number of carboxylic acids is 1. The molecule has 2 unspecified atom stereocenters. The van der Waals surface area contributed by atoms with Gasteiger partial charge in [0, 0.05) is 18.9 Å². The first-order valence-corrected chi connectivity index (χ1v) is 6.21. The minimum atomic E-state index is -0.900. The van der Waals surface area contributed by atoms with E-state index in [4.69, 9.17) is 5.11 Å². The number of amides is 2. The lowest BCUT2D eigenvalue weighted by Gasteiger charge is -2.16. The second kappa shape index (κ2) is 7.35. The third-order valence-electron chi connectivity index (χ3n) is 2.88. The van der Waals surface area contributed by atoms with Gasteiger partial charge in [0.25, 0.3) is 0 Å². The van der Waals surface area contributed by atoms with Crippen LogP contribution < -0.4 is 10.6 Å². The van der Waals surface area contributed by atoms with E-state index in [2.05, 4.69) is 15.6 Å². The number of pyridine rings is 1. The topological polar surface area (TPSA) is 91.3 Å². The van der Waals surface area contributed by atoms with Crippen LogP contribution in [0.2, 0.25) is 0 Å². The van der Waals surface area contributed by atoms with Crippen LogP contribution in [0.3, 0.4) is 0 Å². The molecular formula is C13H19N3O3. The van der Waals surface area contributed by atoms with Gasteiger partial charge in [-0.05, 0) is 25.0 Å². The van der Waals surface area contributed by atoms with Crippen LogP contribution in [0.4, 0.5) is 4.79 Å². The molecule has 2 amide bonds. The molecule has 6 heteroatoms. The van der Waals surface area contributed by atoms with Gasteiger partial charge in [0.1, 0.15) is 0 Å². The molecule has 3 N–H and O–H groups in total. The van der Waals surface area contributed by atoms with E-state index in [0.29, 0.717) is 6.42 Å². The number of carbonyl (C=O) groups is 2. The molecule has 2 atom stereocenters. The van der Waals surface area contributed by atoms with Crippen LogP contribution in [-0.4, -0.2) is 28.6 Å². The summed E-state index contributed by atoms with van der Waals surface area (Å²) in [6, 6.07) is 3.10. The normalized spacial score (nSPS) is 13.4. The first kappa shape index (κ1) is 14.9. The van der Waals surface area contributed by atoms with Crippen molar-refractivity contribution in [3.8, 4) is 0 Å². The predicted octanol–water partition coefficient (Wildman–Crippen LogP) is 1.55. The van der Waals surface area contributed by atoms with Crippen molar-refractivity contribution in [2.45, 2.75) is 26.3 Å². The molecule has 6 nitrogen and oxygen atoms in total. The molecule has 0 aliphatic carbocycles. The maximum absolute atomic E-state index is 11.6. The van der Waals surface area contributed by atoms with Crippen molar-refractivity contribution in [3.63, 3.8) is 0 Å². The fraction of sp³-hybridized carbons (Fsp3) is 0.462. The third kappa shape index (κ3) is 4.95. The van der Waals surface area contributed by atoms with E-state index in [-0.39, 0.29) is 18.6 Å². The van der Waals surface area contributed by atoms with Crippen LogP contribution in [0.5, 0.6) is 0 Å². The lowest BCUT2D eigenvalue weighted by Crippen LogP contribution is -2.40. The number of carbonyl (C=O) groups excluding carboxylic acids is 1. The Kier molecular flexibility index (Phi) is 5.78. The number of aromatic nitrogens is 1. The Morgan fingerprint density at radius 3 is 2.74 bits per heavy atom. The van der Waals surface area contributed by atoms with Crippen LogP contribution in [0, 0.1) is 5.92 Å². The Labute approximate surface area is 112 Å². The van der Waals surface area contributed by atoms with Crippen molar-refractivity contribution >= 4 is 12.0 Å². The standard InChI is InChI=1S/C13H19N3O3/c1-3-10(12(17)18)8-15-13(19)16-9(2)11-5-4-6-14-7-11/h4-7,9-10H,3,8H2,1-2H3,(H,17,18)(H2,15,16,19). The number of carboxylic acid groups (broad SMARTS) is 1. The Balaban J connectivity index is 2.41. The fourth-order valence-corrected chi connectivity index (χ4v) is 1.59. The molecule has 19 heavy (non-hydrogen) atoms. The predicted molar refractivity (Wildman–Crippen MR) is 70.6 cm³/mol. The number of hydrogen-bond donors (Lipinski definition) is 3. The molecule has 0 aliphatic heterocycles. The van der Waals surface area contributed by atoms with E-state index in [1.807, 2.05) is 13.0 Å². The fourth-order valence-electron chi connectivity index (χ4n) is 1.59. The summed E-state index contributed by atoms with van der Waals surface area (Å²) in [7, 11) is 0. The van der Waals surface area contributed by atoms with Gasteiger partial charge >= 0.3 is 12.0 Å². The average Bonchev–Trinajstić information content (AvgIpc) is 2.40. The summed E-state index contributed by atoms with van der Waals surface area (Å²) in [6.07, 6.45) is 3.82. The van der Waals surface area contributed by atoms with Crippen LogP contribution in [0.15, 0.2) is 24.5 Å². The van der Waals surface area contributed by atoms with Gasteiger partial charge in [0.2, 0.25) is 0 Å². The summed E-state index contributed by atoms with van der Waals surface area (Å²) < 4.78 is 0. The van der Waals surface area contributed by atoms with E-state index in [9.17, 15) is 9.59 Å². The number of urea groups is 1. The molecule has 0 radical (unpaired) electrons. The lowest BCUT2D eigenvalue weighted by molar-refractivity contribution is -0.141. The average molecular weight is 265 g/mol. The molecule has 0 spiro atoms. The highest BCUT2D eigenvalue weighted by atomic mass is 16.4. The summed E-state index contributed by atoms with van der Waals surface area (Å²) >= 11 is 0. The molecule has 0 saturated heterocycles. The van der Waals surface area contributed by atoms with E-state index in [1.54, 1.807) is 25.4 Å². The zero-order valence-electron chi connectivity index (χ0n) is 11.1. The largest absolute Gasteiger partial charge is 0.481 e. The van der Waals surface area contributed by atoms with Crippen molar-refractivity contribution in [1.29, 1.82) is 0 Å². The van der Waals surface area contributed by atoms with Gasteiger partial charge in [-0.3, -0.25) is 9.78 Å². The Morgan fingerprint density at radius 2 is 2.21 bits per heavy atom. The Morgan fingerprint density at radius 1 is 1.47 bits per heavy atom. The third-order valence-corrected chi connectivity index (χ3v) is 2.88. The molecule has 0 aliphatic rings. The molecule has 104 valence electrons. The highest BCUT2D eigenvalue weighted by Gasteiger charge is 2.16. The summed E-state index contributed by atoms with van der Waals surface area (Å²) in [4.78, 5) is 26.4. The number of nitrogens with one attached hydrogen (secondary N) is 2. The van der Waals surface area contributed by atoms with E-state index in [0.717, 1.165) is 5.56 Å². The molecule has 1 aromatic heterocycles. The molecular weight excluding hydrogens is 246 g/mol. The van der Waals surface area contributed by atoms with Gasteiger partial charge in [0.15, 0.2) is 0 Å². The Hall–Kier alpha value is -2.11. The molecule has 1 heterocycles. The van der Waals surface area contributed by atoms with Crippen molar-refractivity contribution < 1.29 is 14.7 Å². The van der Waals surface area contributed by atoms with Crippen LogP contribution in [-0.2, 0) is 4.79 Å². The number of nitrogens with zero attached hydrogens (tertiary/aromatic N) is 1. The van der Waals surface area contributed by atoms with Gasteiger partial charge in [-0.25, -0.2) is 4.79 Å². The van der Waals surface area contributed by atoms with Gasteiger partial charge < -0.3 is 15.7 Å². The SMILES string of the molecule is CCC(CNC(=O)NC(C)c1cccnc1)C(=O)O. The number of hydrogen-bond acceptors (Lipinski definition) is 3. The van der Waals surface area contributed by atoms with Crippen molar-refractivity contribution in [2.24, 2.45) is 5.92 Å². The number of aliphatic carboxylic acids is 1. The maximum atomic E-state index is 11.6. The lowest BCUT2D eigenvalue weighted by atomic mass is 10.1. The smallest absolute Gasteiger partial charge is 0.315 e. The first-order valence-electron chi connectivity index (χ1n) is 6.21. The van der Waals surface area contributed by atoms with Crippen molar-refractivity contribution in [2.75, 3.05) is 6.54 Å². The van der Waals surface area contributed by atoms with Gasteiger partial charge in [-0.15, -0.1) is 0 Å².